The highest BCUT2D eigenvalue weighted by Crippen LogP contribution is 2.33. The van der Waals surface area contributed by atoms with Crippen LogP contribution in [0.2, 0.25) is 0 Å². The number of aromatic nitrogens is 2. The molecule has 2 aromatic carbocycles. The number of benzene rings is 2. The van der Waals surface area contributed by atoms with Crippen LogP contribution in [0.1, 0.15) is 28.5 Å². The van der Waals surface area contributed by atoms with E-state index >= 15 is 0 Å². The minimum Gasteiger partial charge on any atom is -0.319 e. The number of aryl methyl sites for hydroxylation is 1. The lowest BCUT2D eigenvalue weighted by Crippen LogP contribution is -2.13. The van der Waals surface area contributed by atoms with Gasteiger partial charge in [-0.2, -0.15) is 18.3 Å². The van der Waals surface area contributed by atoms with E-state index in [0.717, 1.165) is 12.1 Å². The minimum atomic E-state index is -4.40. The molecular formula is C19H16F3N3O. The van der Waals surface area contributed by atoms with E-state index in [0.29, 0.717) is 34.6 Å². The van der Waals surface area contributed by atoms with Crippen LogP contribution in [0.15, 0.2) is 54.6 Å². The number of hydrogen-bond acceptors (Lipinski definition) is 2. The highest BCUT2D eigenvalue weighted by atomic mass is 19.4. The second-order valence-electron chi connectivity index (χ2n) is 5.67. The van der Waals surface area contributed by atoms with Gasteiger partial charge in [0.1, 0.15) is 5.69 Å². The average Bonchev–Trinajstić information content (AvgIpc) is 3.04. The number of alkyl halides is 3. The molecule has 0 unspecified atom stereocenters. The lowest BCUT2D eigenvalue weighted by atomic mass is 10.1. The molecule has 3 aromatic rings. The summed E-state index contributed by atoms with van der Waals surface area (Å²) in [4.78, 5) is 12.4. The fourth-order valence-electron chi connectivity index (χ4n) is 2.57. The summed E-state index contributed by atoms with van der Waals surface area (Å²) < 4.78 is 38.2. The topological polar surface area (TPSA) is 57.8 Å². The first kappa shape index (κ1) is 17.7. The number of aromatic amines is 1. The molecule has 0 atom stereocenters. The maximum atomic E-state index is 12.7. The van der Waals surface area contributed by atoms with E-state index in [4.69, 9.17) is 0 Å². The molecule has 0 aliphatic heterocycles. The molecule has 0 bridgehead atoms. The lowest BCUT2D eigenvalue weighted by molar-refractivity contribution is -0.137. The van der Waals surface area contributed by atoms with E-state index in [9.17, 15) is 18.0 Å². The molecule has 2 N–H and O–H groups in total. The van der Waals surface area contributed by atoms with Gasteiger partial charge in [0.15, 0.2) is 0 Å². The summed E-state index contributed by atoms with van der Waals surface area (Å²) >= 11 is 0. The first-order chi connectivity index (χ1) is 12.4. The highest BCUT2D eigenvalue weighted by Gasteiger charge is 2.30. The molecule has 3 rings (SSSR count). The summed E-state index contributed by atoms with van der Waals surface area (Å²) in [5.74, 6) is -0.310. The fourth-order valence-corrected chi connectivity index (χ4v) is 2.57. The second-order valence-corrected chi connectivity index (χ2v) is 5.67. The predicted molar refractivity (Wildman–Crippen MR) is 92.8 cm³/mol. The molecule has 1 aromatic heterocycles. The third-order valence-electron chi connectivity index (χ3n) is 3.95. The maximum absolute atomic E-state index is 12.7. The van der Waals surface area contributed by atoms with Crippen LogP contribution in [-0.4, -0.2) is 16.1 Å². The van der Waals surface area contributed by atoms with Crippen molar-refractivity contribution in [1.82, 2.24) is 10.2 Å². The van der Waals surface area contributed by atoms with Gasteiger partial charge in [0, 0.05) is 11.1 Å². The zero-order chi connectivity index (χ0) is 18.7. The summed E-state index contributed by atoms with van der Waals surface area (Å²) in [6, 6.07) is 13.4. The quantitative estimate of drug-likeness (QED) is 0.695. The van der Waals surface area contributed by atoms with Crippen molar-refractivity contribution in [2.75, 3.05) is 5.32 Å². The molecule has 1 amide bonds. The van der Waals surface area contributed by atoms with Gasteiger partial charge in [-0.05, 0) is 30.7 Å². The van der Waals surface area contributed by atoms with Crippen LogP contribution < -0.4 is 5.32 Å². The van der Waals surface area contributed by atoms with E-state index in [1.54, 1.807) is 30.3 Å². The van der Waals surface area contributed by atoms with Crippen LogP contribution in [0.4, 0.5) is 18.9 Å². The van der Waals surface area contributed by atoms with Crippen LogP contribution in [-0.2, 0) is 12.6 Å². The van der Waals surface area contributed by atoms with Crippen LogP contribution in [0.5, 0.6) is 0 Å². The molecular weight excluding hydrogens is 343 g/mol. The van der Waals surface area contributed by atoms with Gasteiger partial charge in [0.05, 0.1) is 16.9 Å². The first-order valence-corrected chi connectivity index (χ1v) is 8.01. The summed E-state index contributed by atoms with van der Waals surface area (Å²) in [5.41, 5.74) is 1.80. The molecule has 7 heteroatoms. The Bertz CT molecular complexity index is 900. The van der Waals surface area contributed by atoms with Crippen molar-refractivity contribution >= 4 is 11.6 Å². The molecule has 1 heterocycles. The van der Waals surface area contributed by atoms with E-state index < -0.39 is 11.7 Å². The Hall–Kier alpha value is -3.09. The summed E-state index contributed by atoms with van der Waals surface area (Å²) in [6.45, 7) is 1.89. The average molecular weight is 359 g/mol. The number of nitrogens with zero attached hydrogens (tertiary/aromatic N) is 1. The second kappa shape index (κ2) is 7.03. The molecule has 0 fully saturated rings. The van der Waals surface area contributed by atoms with Crippen molar-refractivity contribution in [2.24, 2.45) is 0 Å². The van der Waals surface area contributed by atoms with Gasteiger partial charge in [0.25, 0.3) is 5.91 Å². The van der Waals surface area contributed by atoms with E-state index in [1.807, 2.05) is 6.92 Å². The van der Waals surface area contributed by atoms with Gasteiger partial charge >= 0.3 is 6.18 Å². The van der Waals surface area contributed by atoms with Crippen molar-refractivity contribution in [2.45, 2.75) is 19.5 Å². The molecule has 134 valence electrons. The maximum Gasteiger partial charge on any atom is 0.416 e. The number of hydrogen-bond donors (Lipinski definition) is 2. The van der Waals surface area contributed by atoms with Crippen molar-refractivity contribution in [3.8, 4) is 11.3 Å². The highest BCUT2D eigenvalue weighted by molar-refractivity contribution is 6.06. The molecule has 0 aliphatic rings. The van der Waals surface area contributed by atoms with Crippen molar-refractivity contribution < 1.29 is 18.0 Å². The Morgan fingerprint density at radius 2 is 1.73 bits per heavy atom. The predicted octanol–water partition coefficient (Wildman–Crippen LogP) is 4.91. The van der Waals surface area contributed by atoms with Crippen LogP contribution in [0.25, 0.3) is 11.3 Å². The molecule has 26 heavy (non-hydrogen) atoms. The van der Waals surface area contributed by atoms with Crippen LogP contribution >= 0.6 is 0 Å². The molecule has 0 aliphatic carbocycles. The van der Waals surface area contributed by atoms with Gasteiger partial charge in [-0.25, -0.2) is 0 Å². The Kier molecular flexibility index (Phi) is 4.79. The molecule has 0 saturated heterocycles. The van der Waals surface area contributed by atoms with Gasteiger partial charge in [0.2, 0.25) is 0 Å². The number of anilines is 1. The van der Waals surface area contributed by atoms with Crippen molar-refractivity contribution in [3.63, 3.8) is 0 Å². The number of nitrogens with one attached hydrogen (secondary N) is 2. The summed E-state index contributed by atoms with van der Waals surface area (Å²) in [5, 5.41) is 9.83. The molecule has 0 saturated carbocycles. The molecule has 0 spiro atoms. The largest absolute Gasteiger partial charge is 0.416 e. The van der Waals surface area contributed by atoms with Crippen molar-refractivity contribution in [1.29, 1.82) is 0 Å². The third kappa shape index (κ3) is 3.61. The first-order valence-electron chi connectivity index (χ1n) is 8.01. The zero-order valence-electron chi connectivity index (χ0n) is 13.9. The fraction of sp³-hybridized carbons (Fsp3) is 0.158. The molecule has 0 radical (unpaired) electrons. The number of carbonyl (C=O) groups is 1. The van der Waals surface area contributed by atoms with Gasteiger partial charge in [-0.15, -0.1) is 0 Å². The third-order valence-corrected chi connectivity index (χ3v) is 3.95. The number of rotatable bonds is 4. The number of halogens is 3. The Balaban J connectivity index is 1.94. The van der Waals surface area contributed by atoms with E-state index in [-0.39, 0.29) is 5.91 Å². The summed E-state index contributed by atoms with van der Waals surface area (Å²) in [6.07, 6.45) is -3.82. The Morgan fingerprint density at radius 3 is 2.31 bits per heavy atom. The van der Waals surface area contributed by atoms with Gasteiger partial charge < -0.3 is 5.32 Å². The van der Waals surface area contributed by atoms with Gasteiger partial charge in [-0.3, -0.25) is 9.89 Å². The van der Waals surface area contributed by atoms with Crippen LogP contribution in [0.3, 0.4) is 0 Å². The Labute approximate surface area is 148 Å². The number of carbonyl (C=O) groups excluding carboxylic acids is 1. The van der Waals surface area contributed by atoms with Gasteiger partial charge in [-0.1, -0.05) is 37.3 Å². The number of amides is 1. The Morgan fingerprint density at radius 1 is 1.08 bits per heavy atom. The minimum absolute atomic E-state index is 0.310. The monoisotopic (exact) mass is 359 g/mol. The summed E-state index contributed by atoms with van der Waals surface area (Å²) in [7, 11) is 0. The van der Waals surface area contributed by atoms with Crippen molar-refractivity contribution in [3.05, 3.63) is 71.4 Å². The van der Waals surface area contributed by atoms with E-state index in [1.165, 1.54) is 12.1 Å². The standard InChI is InChI=1S/C19H16F3N3O/c1-2-15-17(23-18(26)13-6-4-3-5-7-13)16(25-24-15)12-8-10-14(11-9-12)19(20,21)22/h3-11H,2H2,1H3,(H,23,26)(H,24,25). The van der Waals surface area contributed by atoms with E-state index in [2.05, 4.69) is 15.5 Å². The van der Waals surface area contributed by atoms with Crippen LogP contribution in [0, 0.1) is 0 Å². The normalized spacial score (nSPS) is 11.4. The molecule has 4 nitrogen and oxygen atoms in total. The number of H-pyrrole nitrogens is 1. The smallest absolute Gasteiger partial charge is 0.319 e. The SMILES string of the molecule is CCc1[nH]nc(-c2ccc(C(F)(F)F)cc2)c1NC(=O)c1ccccc1. The zero-order valence-corrected chi connectivity index (χ0v) is 13.9. The lowest BCUT2D eigenvalue weighted by Gasteiger charge is -2.09.